The number of ether oxygens (including phenoxy) is 2. The second-order valence-corrected chi connectivity index (χ2v) is 7.17. The van der Waals surface area contributed by atoms with E-state index in [1.807, 2.05) is 25.2 Å². The fourth-order valence-corrected chi connectivity index (χ4v) is 4.07. The van der Waals surface area contributed by atoms with Gasteiger partial charge in [0.2, 0.25) is 0 Å². The zero-order chi connectivity index (χ0) is 18.4. The Balaban J connectivity index is 0.00000261. The SMILES string of the molecule is CN=C(NCc1ccc(OC)cc1OC)NC1CCN(C2CCCC2)C1.I. The maximum Gasteiger partial charge on any atom is 0.191 e. The monoisotopic (exact) mass is 488 g/mol. The summed E-state index contributed by atoms with van der Waals surface area (Å²) in [6.45, 7) is 2.98. The van der Waals surface area contributed by atoms with Crippen molar-refractivity contribution >= 4 is 29.9 Å². The Hall–Kier alpha value is -1.22. The molecule has 1 aromatic rings. The summed E-state index contributed by atoms with van der Waals surface area (Å²) in [6, 6.07) is 7.16. The highest BCUT2D eigenvalue weighted by Crippen LogP contribution is 2.27. The van der Waals surface area contributed by atoms with E-state index in [1.165, 1.54) is 38.6 Å². The van der Waals surface area contributed by atoms with E-state index in [0.29, 0.717) is 12.6 Å². The lowest BCUT2D eigenvalue weighted by Crippen LogP contribution is -2.45. The number of nitrogens with zero attached hydrogens (tertiary/aromatic N) is 2. The largest absolute Gasteiger partial charge is 0.497 e. The molecule has 0 radical (unpaired) electrons. The van der Waals surface area contributed by atoms with Crippen molar-refractivity contribution in [3.63, 3.8) is 0 Å². The van der Waals surface area contributed by atoms with Gasteiger partial charge in [0, 0.05) is 50.4 Å². The van der Waals surface area contributed by atoms with Crippen molar-refractivity contribution in [2.75, 3.05) is 34.4 Å². The summed E-state index contributed by atoms with van der Waals surface area (Å²) < 4.78 is 10.7. The number of methoxy groups -OCH3 is 2. The summed E-state index contributed by atoms with van der Waals surface area (Å²) in [6.07, 6.45) is 6.72. The van der Waals surface area contributed by atoms with E-state index in [1.54, 1.807) is 14.2 Å². The fraction of sp³-hybridized carbons (Fsp3) is 0.650. The predicted octanol–water partition coefficient (Wildman–Crippen LogP) is 3.00. The van der Waals surface area contributed by atoms with Crippen LogP contribution < -0.4 is 20.1 Å². The molecule has 1 aliphatic carbocycles. The van der Waals surface area contributed by atoms with Crippen molar-refractivity contribution < 1.29 is 9.47 Å². The summed E-state index contributed by atoms with van der Waals surface area (Å²) in [5.74, 6) is 2.47. The maximum atomic E-state index is 5.47. The topological polar surface area (TPSA) is 58.1 Å². The van der Waals surface area contributed by atoms with Crippen LogP contribution in [-0.2, 0) is 6.54 Å². The van der Waals surface area contributed by atoms with E-state index in [0.717, 1.165) is 35.6 Å². The number of hydrogen-bond donors (Lipinski definition) is 2. The second-order valence-electron chi connectivity index (χ2n) is 7.17. The first kappa shape index (κ1) is 22.1. The van der Waals surface area contributed by atoms with Crippen molar-refractivity contribution in [3.8, 4) is 11.5 Å². The van der Waals surface area contributed by atoms with E-state index in [-0.39, 0.29) is 24.0 Å². The molecule has 27 heavy (non-hydrogen) atoms. The normalized spacial score (nSPS) is 21.0. The second kappa shape index (κ2) is 10.9. The fourth-order valence-electron chi connectivity index (χ4n) is 4.07. The van der Waals surface area contributed by atoms with Gasteiger partial charge in [0.05, 0.1) is 14.2 Å². The standard InChI is InChI=1S/C20H32N4O2.HI/c1-21-20(22-13-15-8-9-18(25-2)12-19(15)26-3)23-16-10-11-24(14-16)17-6-4-5-7-17;/h8-9,12,16-17H,4-7,10-11,13-14H2,1-3H3,(H2,21,22,23);1H. The number of guanidine groups is 1. The van der Waals surface area contributed by atoms with Gasteiger partial charge in [0.15, 0.2) is 5.96 Å². The molecule has 1 saturated carbocycles. The summed E-state index contributed by atoms with van der Waals surface area (Å²) in [5.41, 5.74) is 1.08. The van der Waals surface area contributed by atoms with Gasteiger partial charge in [-0.15, -0.1) is 24.0 Å². The molecule has 1 aliphatic heterocycles. The highest BCUT2D eigenvalue weighted by atomic mass is 127. The van der Waals surface area contributed by atoms with Gasteiger partial charge in [-0.25, -0.2) is 0 Å². The van der Waals surface area contributed by atoms with Crippen LogP contribution in [0.4, 0.5) is 0 Å². The van der Waals surface area contributed by atoms with E-state index in [2.05, 4.69) is 20.5 Å². The van der Waals surface area contributed by atoms with Crippen LogP contribution in [0.1, 0.15) is 37.7 Å². The Morgan fingerprint density at radius 1 is 1.19 bits per heavy atom. The molecule has 1 aromatic carbocycles. The molecule has 1 heterocycles. The van der Waals surface area contributed by atoms with Gasteiger partial charge < -0.3 is 20.1 Å². The molecule has 6 nitrogen and oxygen atoms in total. The highest BCUT2D eigenvalue weighted by Gasteiger charge is 2.30. The zero-order valence-electron chi connectivity index (χ0n) is 16.7. The molecule has 152 valence electrons. The van der Waals surface area contributed by atoms with Gasteiger partial charge in [-0.2, -0.15) is 0 Å². The Morgan fingerprint density at radius 3 is 2.63 bits per heavy atom. The van der Waals surface area contributed by atoms with Crippen molar-refractivity contribution in [2.45, 2.75) is 50.7 Å². The van der Waals surface area contributed by atoms with Gasteiger partial charge in [0.25, 0.3) is 0 Å². The third kappa shape index (κ3) is 5.88. The average Bonchev–Trinajstić information content (AvgIpc) is 3.36. The third-order valence-corrected chi connectivity index (χ3v) is 5.57. The minimum Gasteiger partial charge on any atom is -0.497 e. The molecule has 2 N–H and O–H groups in total. The zero-order valence-corrected chi connectivity index (χ0v) is 19.0. The molecule has 0 spiro atoms. The molecule has 7 heteroatoms. The van der Waals surface area contributed by atoms with Crippen molar-refractivity contribution in [1.29, 1.82) is 0 Å². The average molecular weight is 488 g/mol. The summed E-state index contributed by atoms with van der Waals surface area (Å²) in [4.78, 5) is 7.05. The van der Waals surface area contributed by atoms with Crippen molar-refractivity contribution in [1.82, 2.24) is 15.5 Å². The number of aliphatic imine (C=N–C) groups is 1. The van der Waals surface area contributed by atoms with E-state index in [4.69, 9.17) is 9.47 Å². The smallest absolute Gasteiger partial charge is 0.191 e. The first-order valence-corrected chi connectivity index (χ1v) is 9.65. The highest BCUT2D eigenvalue weighted by molar-refractivity contribution is 14.0. The first-order valence-electron chi connectivity index (χ1n) is 9.65. The minimum absolute atomic E-state index is 0. The molecule has 0 bridgehead atoms. The maximum absolute atomic E-state index is 5.47. The van der Waals surface area contributed by atoms with Crippen molar-refractivity contribution in [2.24, 2.45) is 4.99 Å². The Labute approximate surface area is 180 Å². The van der Waals surface area contributed by atoms with Crippen LogP contribution in [0.25, 0.3) is 0 Å². The first-order chi connectivity index (χ1) is 12.7. The lowest BCUT2D eigenvalue weighted by atomic mass is 10.2. The molecular formula is C20H33IN4O2. The predicted molar refractivity (Wildman–Crippen MR) is 121 cm³/mol. The number of rotatable bonds is 6. The van der Waals surface area contributed by atoms with E-state index in [9.17, 15) is 0 Å². The van der Waals surface area contributed by atoms with Crippen molar-refractivity contribution in [3.05, 3.63) is 23.8 Å². The molecule has 1 unspecified atom stereocenters. The molecule has 0 aromatic heterocycles. The van der Waals surface area contributed by atoms with Gasteiger partial charge in [-0.1, -0.05) is 12.8 Å². The van der Waals surface area contributed by atoms with Gasteiger partial charge >= 0.3 is 0 Å². The molecule has 2 aliphatic rings. The van der Waals surface area contributed by atoms with Crippen LogP contribution in [-0.4, -0.2) is 57.3 Å². The molecule has 2 fully saturated rings. The Morgan fingerprint density at radius 2 is 1.96 bits per heavy atom. The minimum atomic E-state index is 0. The van der Waals surface area contributed by atoms with E-state index >= 15 is 0 Å². The molecular weight excluding hydrogens is 455 g/mol. The Kier molecular flexibility index (Phi) is 8.95. The van der Waals surface area contributed by atoms with Crippen LogP contribution in [0.15, 0.2) is 23.2 Å². The van der Waals surface area contributed by atoms with Gasteiger partial charge in [-0.05, 0) is 31.4 Å². The van der Waals surface area contributed by atoms with Crippen LogP contribution in [0.5, 0.6) is 11.5 Å². The lowest BCUT2D eigenvalue weighted by Gasteiger charge is -2.24. The molecule has 1 saturated heterocycles. The molecule has 0 amide bonds. The lowest BCUT2D eigenvalue weighted by molar-refractivity contribution is 0.242. The number of halogens is 1. The van der Waals surface area contributed by atoms with Crippen LogP contribution in [0, 0.1) is 0 Å². The van der Waals surface area contributed by atoms with Crippen LogP contribution in [0.3, 0.4) is 0 Å². The number of benzene rings is 1. The third-order valence-electron chi connectivity index (χ3n) is 5.57. The van der Waals surface area contributed by atoms with Gasteiger partial charge in [0.1, 0.15) is 11.5 Å². The van der Waals surface area contributed by atoms with Crippen LogP contribution in [0.2, 0.25) is 0 Å². The van der Waals surface area contributed by atoms with Crippen LogP contribution >= 0.6 is 24.0 Å². The Bertz CT molecular complexity index is 620. The van der Waals surface area contributed by atoms with E-state index < -0.39 is 0 Å². The van der Waals surface area contributed by atoms with Gasteiger partial charge in [-0.3, -0.25) is 9.89 Å². The molecule has 1 atom stereocenters. The summed E-state index contributed by atoms with van der Waals surface area (Å²) >= 11 is 0. The number of likely N-dealkylation sites (tertiary alicyclic amines) is 1. The summed E-state index contributed by atoms with van der Waals surface area (Å²) in [5, 5.41) is 6.99. The molecule has 3 rings (SSSR count). The number of hydrogen-bond acceptors (Lipinski definition) is 4. The summed E-state index contributed by atoms with van der Waals surface area (Å²) in [7, 11) is 5.17. The number of nitrogens with one attached hydrogen (secondary N) is 2. The quantitative estimate of drug-likeness (QED) is 0.367.